The van der Waals surface area contributed by atoms with Gasteiger partial charge >= 0.3 is 5.97 Å². The number of nitrogens with one attached hydrogen (secondary N) is 1. The van der Waals surface area contributed by atoms with Crippen LogP contribution in [-0.2, 0) is 4.74 Å². The van der Waals surface area contributed by atoms with Gasteiger partial charge in [-0.2, -0.15) is 0 Å². The number of aromatic nitrogens is 1. The number of hydrogen-bond acceptors (Lipinski definition) is 6. The second-order valence-electron chi connectivity index (χ2n) is 5.99. The summed E-state index contributed by atoms with van der Waals surface area (Å²) in [6.45, 7) is 3.68. The minimum Gasteiger partial charge on any atom is -0.545 e. The molecule has 0 radical (unpaired) electrons. The third-order valence-corrected chi connectivity index (χ3v) is 4.62. The lowest BCUT2D eigenvalue weighted by Crippen LogP contribution is -2.22. The molecule has 0 amide bonds. The standard InChI is InChI=1S/C20H16Cl2N2O4/c1-3-28-20(27)14-9-23-18-13(7-12(21)8-15(18)22)17(14)24-16-6-11(19(25)26)5-4-10(16)2/h4-9H,3H2,1-2H3,(H,23,24)(H,25,26)/p-1. The Hall–Kier alpha value is -2.83. The van der Waals surface area contributed by atoms with Crippen molar-refractivity contribution in [3.63, 3.8) is 0 Å². The largest absolute Gasteiger partial charge is 0.545 e. The van der Waals surface area contributed by atoms with E-state index in [1.807, 2.05) is 0 Å². The van der Waals surface area contributed by atoms with E-state index in [0.29, 0.717) is 32.3 Å². The van der Waals surface area contributed by atoms with Gasteiger partial charge in [0.15, 0.2) is 0 Å². The van der Waals surface area contributed by atoms with Crippen LogP contribution in [0.5, 0.6) is 0 Å². The van der Waals surface area contributed by atoms with Crippen LogP contribution in [0.3, 0.4) is 0 Å². The van der Waals surface area contributed by atoms with Crippen LogP contribution in [0.15, 0.2) is 36.5 Å². The Bertz CT molecular complexity index is 1100. The summed E-state index contributed by atoms with van der Waals surface area (Å²) >= 11 is 12.4. The molecule has 8 heteroatoms. The Kier molecular flexibility index (Phi) is 5.72. The molecule has 1 heterocycles. The van der Waals surface area contributed by atoms with Gasteiger partial charge < -0.3 is 20.0 Å². The molecule has 6 nitrogen and oxygen atoms in total. The number of rotatable bonds is 5. The van der Waals surface area contributed by atoms with Crippen molar-refractivity contribution in [1.29, 1.82) is 0 Å². The summed E-state index contributed by atoms with van der Waals surface area (Å²) in [5.41, 5.74) is 2.22. The Morgan fingerprint density at radius 3 is 2.64 bits per heavy atom. The number of ether oxygens (including phenoxy) is 1. The number of aryl methyl sites for hydroxylation is 1. The van der Waals surface area contributed by atoms with Crippen molar-refractivity contribution in [2.75, 3.05) is 11.9 Å². The monoisotopic (exact) mass is 417 g/mol. The number of pyridine rings is 1. The molecule has 0 saturated carbocycles. The number of carboxylic acids is 1. The maximum Gasteiger partial charge on any atom is 0.341 e. The summed E-state index contributed by atoms with van der Waals surface area (Å²) in [6.07, 6.45) is 1.36. The summed E-state index contributed by atoms with van der Waals surface area (Å²) in [6, 6.07) is 7.69. The normalized spacial score (nSPS) is 10.7. The van der Waals surface area contributed by atoms with Crippen molar-refractivity contribution in [2.45, 2.75) is 13.8 Å². The molecule has 0 spiro atoms. The first-order chi connectivity index (χ1) is 13.3. The molecule has 0 atom stereocenters. The van der Waals surface area contributed by atoms with Gasteiger partial charge in [0.25, 0.3) is 0 Å². The maximum absolute atomic E-state index is 12.5. The third kappa shape index (κ3) is 3.88. The van der Waals surface area contributed by atoms with Crippen LogP contribution < -0.4 is 10.4 Å². The third-order valence-electron chi connectivity index (χ3n) is 4.12. The average Bonchev–Trinajstić information content (AvgIpc) is 2.63. The number of hydrogen-bond donors (Lipinski definition) is 1. The Morgan fingerprint density at radius 2 is 1.96 bits per heavy atom. The van der Waals surface area contributed by atoms with Gasteiger partial charge in [-0.3, -0.25) is 4.98 Å². The van der Waals surface area contributed by atoms with Crippen LogP contribution in [0.4, 0.5) is 11.4 Å². The van der Waals surface area contributed by atoms with Crippen LogP contribution in [0.25, 0.3) is 10.9 Å². The van der Waals surface area contributed by atoms with Crippen molar-refractivity contribution < 1.29 is 19.4 Å². The quantitative estimate of drug-likeness (QED) is 0.627. The molecule has 3 aromatic rings. The molecule has 0 unspecified atom stereocenters. The van der Waals surface area contributed by atoms with Crippen LogP contribution in [0.1, 0.15) is 33.2 Å². The molecule has 0 aliphatic carbocycles. The lowest BCUT2D eigenvalue weighted by molar-refractivity contribution is -0.255. The van der Waals surface area contributed by atoms with E-state index in [1.54, 1.807) is 32.0 Å². The van der Waals surface area contributed by atoms with Crippen LogP contribution in [0.2, 0.25) is 10.0 Å². The van der Waals surface area contributed by atoms with E-state index in [9.17, 15) is 14.7 Å². The van der Waals surface area contributed by atoms with Gasteiger partial charge in [0.2, 0.25) is 0 Å². The number of carboxylic acid groups (broad SMARTS) is 1. The van der Waals surface area contributed by atoms with E-state index in [4.69, 9.17) is 27.9 Å². The fraction of sp³-hybridized carbons (Fsp3) is 0.150. The van der Waals surface area contributed by atoms with E-state index in [1.165, 1.54) is 18.3 Å². The summed E-state index contributed by atoms with van der Waals surface area (Å²) in [5, 5.41) is 15.5. The number of nitrogens with zero attached hydrogens (tertiary/aromatic N) is 1. The summed E-state index contributed by atoms with van der Waals surface area (Å²) < 4.78 is 5.12. The first kappa shape index (κ1) is 19.9. The van der Waals surface area contributed by atoms with Crippen molar-refractivity contribution >= 4 is 57.4 Å². The maximum atomic E-state index is 12.5. The number of benzene rings is 2. The summed E-state index contributed by atoms with van der Waals surface area (Å²) in [4.78, 5) is 27.9. The van der Waals surface area contributed by atoms with Gasteiger partial charge in [-0.25, -0.2) is 4.79 Å². The molecule has 0 bridgehead atoms. The highest BCUT2D eigenvalue weighted by Crippen LogP contribution is 2.36. The lowest BCUT2D eigenvalue weighted by atomic mass is 10.1. The second kappa shape index (κ2) is 8.04. The van der Waals surface area contributed by atoms with Crippen molar-refractivity contribution in [3.8, 4) is 0 Å². The van der Waals surface area contributed by atoms with Crippen molar-refractivity contribution in [1.82, 2.24) is 4.98 Å². The number of aromatic carboxylic acids is 1. The van der Waals surface area contributed by atoms with Crippen molar-refractivity contribution in [3.05, 3.63) is 63.3 Å². The molecular weight excluding hydrogens is 403 g/mol. The highest BCUT2D eigenvalue weighted by molar-refractivity contribution is 6.38. The number of esters is 1. The molecule has 0 aliphatic heterocycles. The van der Waals surface area contributed by atoms with Crippen LogP contribution in [0, 0.1) is 6.92 Å². The molecule has 28 heavy (non-hydrogen) atoms. The van der Waals surface area contributed by atoms with Gasteiger partial charge in [-0.05, 0) is 43.2 Å². The molecular formula is C20H15Cl2N2O4-. The minimum atomic E-state index is -1.31. The van der Waals surface area contributed by atoms with Gasteiger partial charge in [0.1, 0.15) is 5.56 Å². The first-order valence-corrected chi connectivity index (χ1v) is 9.11. The highest BCUT2D eigenvalue weighted by atomic mass is 35.5. The van der Waals surface area contributed by atoms with Crippen LogP contribution >= 0.6 is 23.2 Å². The van der Waals surface area contributed by atoms with Crippen LogP contribution in [-0.4, -0.2) is 23.5 Å². The zero-order valence-corrected chi connectivity index (χ0v) is 16.5. The topological polar surface area (TPSA) is 91.3 Å². The zero-order chi connectivity index (χ0) is 20.4. The number of fused-ring (bicyclic) bond motifs is 1. The predicted octanol–water partition coefficient (Wildman–Crippen LogP) is 4.13. The van der Waals surface area contributed by atoms with E-state index in [-0.39, 0.29) is 17.7 Å². The number of anilines is 2. The summed E-state index contributed by atoms with van der Waals surface area (Å²) in [7, 11) is 0. The minimum absolute atomic E-state index is 0.000196. The van der Waals surface area contributed by atoms with E-state index < -0.39 is 11.9 Å². The molecule has 3 rings (SSSR count). The van der Waals surface area contributed by atoms with E-state index >= 15 is 0 Å². The highest BCUT2D eigenvalue weighted by Gasteiger charge is 2.19. The first-order valence-electron chi connectivity index (χ1n) is 8.35. The molecule has 0 aliphatic rings. The number of carbonyl (C=O) groups is 2. The molecule has 1 N–H and O–H groups in total. The fourth-order valence-electron chi connectivity index (χ4n) is 2.74. The number of carbonyl (C=O) groups excluding carboxylic acids is 2. The van der Waals surface area contributed by atoms with Crippen molar-refractivity contribution in [2.24, 2.45) is 0 Å². The van der Waals surface area contributed by atoms with E-state index in [0.717, 1.165) is 5.56 Å². The molecule has 2 aromatic carbocycles. The average molecular weight is 418 g/mol. The smallest absolute Gasteiger partial charge is 0.341 e. The summed E-state index contributed by atoms with van der Waals surface area (Å²) in [5.74, 6) is -1.89. The molecule has 1 aromatic heterocycles. The fourth-order valence-corrected chi connectivity index (χ4v) is 3.29. The lowest BCUT2D eigenvalue weighted by Gasteiger charge is -2.17. The Labute approximate surface area is 171 Å². The van der Waals surface area contributed by atoms with E-state index in [2.05, 4.69) is 10.3 Å². The molecule has 0 saturated heterocycles. The Balaban J connectivity index is 2.25. The van der Waals surface area contributed by atoms with Gasteiger partial charge in [-0.15, -0.1) is 0 Å². The van der Waals surface area contributed by atoms with Gasteiger partial charge in [-0.1, -0.05) is 35.3 Å². The van der Waals surface area contributed by atoms with Gasteiger partial charge in [0, 0.05) is 22.3 Å². The zero-order valence-electron chi connectivity index (χ0n) is 15.0. The number of halogens is 2. The molecule has 0 fully saturated rings. The van der Waals surface area contributed by atoms with Gasteiger partial charge in [0.05, 0.1) is 28.8 Å². The SMILES string of the molecule is CCOC(=O)c1cnc2c(Cl)cc(Cl)cc2c1Nc1cc(C(=O)[O-])ccc1C. The molecule has 144 valence electrons. The second-order valence-corrected chi connectivity index (χ2v) is 6.84. The predicted molar refractivity (Wildman–Crippen MR) is 107 cm³/mol. The Morgan fingerprint density at radius 1 is 1.21 bits per heavy atom.